The van der Waals surface area contributed by atoms with Gasteiger partial charge in [-0.2, -0.15) is 0 Å². The minimum atomic E-state index is 0.310. The molecule has 0 aliphatic carbocycles. The highest BCUT2D eigenvalue weighted by molar-refractivity contribution is 6.29. The van der Waals surface area contributed by atoms with Gasteiger partial charge in [0, 0.05) is 85.3 Å². The maximum absolute atomic E-state index is 7.59. The molecule has 0 saturated carbocycles. The number of benzene rings is 16. The first-order valence-corrected chi connectivity index (χ1v) is 31.9. The largest absolute Gasteiger partial charge is 0.264 e. The van der Waals surface area contributed by atoms with E-state index in [0.717, 1.165) is 49.6 Å². The van der Waals surface area contributed by atoms with Gasteiger partial charge in [0.2, 0.25) is 0 Å². The summed E-state index contributed by atoms with van der Waals surface area (Å²) in [6.07, 6.45) is 11.2. The van der Waals surface area contributed by atoms with E-state index in [1.165, 1.54) is 140 Å². The monoisotopic (exact) mass is 1230 g/mol. The van der Waals surface area contributed by atoms with Crippen molar-refractivity contribution in [2.45, 2.75) is 34.5 Å². The third-order valence-electron chi connectivity index (χ3n) is 18.5. The second-order valence-corrected chi connectivity index (χ2v) is 24.3. The Bertz CT molecular complexity index is 5480. The van der Waals surface area contributed by atoms with Crippen LogP contribution in [0.25, 0.3) is 162 Å². The van der Waals surface area contributed by atoms with Gasteiger partial charge in [-0.05, 0) is 177 Å². The van der Waals surface area contributed by atoms with Gasteiger partial charge in [-0.1, -0.05) is 277 Å². The second-order valence-electron chi connectivity index (χ2n) is 24.3. The summed E-state index contributed by atoms with van der Waals surface area (Å²) in [5.74, 6) is 0. The number of aryl methyl sites for hydroxylation is 5. The molecular formula is C91H72N4. The highest BCUT2D eigenvalue weighted by Gasteiger charge is 2.14. The van der Waals surface area contributed by atoms with Gasteiger partial charge >= 0.3 is 0 Å². The molecule has 4 aromatic heterocycles. The molecule has 95 heavy (non-hydrogen) atoms. The SMILES string of the molecule is [2H]Cc1ccc2c(c1)c1ccccc1c1cccnc12.[2H]Cc1ccc2c3ccccc3c3ccccc3c2c1.[2H]Cc1ccc2c3ccccc3c3ncccc3c2c1.[2H]Cc1ccc2c3ccncc3c3ccccc3c2c1.[2H]Cc1ccc2c3cnccc3c3ccccc3c2c1.[2H][2H].[2H][2H].[2H][2H]. The lowest BCUT2D eigenvalue weighted by Crippen LogP contribution is -1.86. The van der Waals surface area contributed by atoms with E-state index in [1.54, 1.807) is 0 Å². The molecule has 4 nitrogen and oxygen atoms in total. The van der Waals surface area contributed by atoms with Crippen LogP contribution >= 0.6 is 0 Å². The minimum Gasteiger partial charge on any atom is -0.264 e. The van der Waals surface area contributed by atoms with E-state index in [-0.39, 0.29) is 0 Å². The molecule has 0 N–H and O–H groups in total. The van der Waals surface area contributed by atoms with E-state index in [2.05, 4.69) is 257 Å². The molecule has 0 amide bonds. The Balaban J connectivity index is 0.000000115. The van der Waals surface area contributed by atoms with Crippen LogP contribution in [0.2, 0.25) is 0 Å². The van der Waals surface area contributed by atoms with Gasteiger partial charge in [-0.25, -0.2) is 0 Å². The van der Waals surface area contributed by atoms with Crippen LogP contribution in [0.5, 0.6) is 0 Å². The predicted octanol–water partition coefficient (Wildman–Crippen LogP) is 25.6. The number of rotatable bonds is 0. The molecule has 0 saturated heterocycles. The second kappa shape index (κ2) is 24.6. The van der Waals surface area contributed by atoms with Gasteiger partial charge in [-0.15, -0.1) is 0 Å². The Hall–Kier alpha value is -12.0. The molecule has 0 aliphatic rings. The van der Waals surface area contributed by atoms with Gasteiger partial charge in [0.05, 0.1) is 11.0 Å². The van der Waals surface area contributed by atoms with Crippen LogP contribution in [-0.2, 0) is 0 Å². The van der Waals surface area contributed by atoms with E-state index in [9.17, 15) is 0 Å². The van der Waals surface area contributed by atoms with E-state index in [4.69, 9.17) is 15.8 Å². The number of hydrogen-bond acceptors (Lipinski definition) is 4. The van der Waals surface area contributed by atoms with Crippen LogP contribution in [0, 0.1) is 34.5 Å². The molecule has 0 atom stereocenters. The Labute approximate surface area is 567 Å². The molecule has 0 spiro atoms. The lowest BCUT2D eigenvalue weighted by molar-refractivity contribution is 1.37. The summed E-state index contributed by atoms with van der Waals surface area (Å²) in [6, 6.07) is 94.7. The summed E-state index contributed by atoms with van der Waals surface area (Å²) < 4.78 is 67.9. The van der Waals surface area contributed by atoms with Crippen molar-refractivity contribution in [3.63, 3.8) is 0 Å². The van der Waals surface area contributed by atoms with E-state index >= 15 is 0 Å². The van der Waals surface area contributed by atoms with E-state index in [0.29, 0.717) is 34.5 Å². The molecule has 456 valence electrons. The highest BCUT2D eigenvalue weighted by atomic mass is 14.7. The number of nitrogens with zero attached hydrogens (tertiary/aromatic N) is 4. The molecule has 0 bridgehead atoms. The molecule has 20 aromatic rings. The van der Waals surface area contributed by atoms with Crippen molar-refractivity contribution in [3.8, 4) is 0 Å². The van der Waals surface area contributed by atoms with Crippen LogP contribution in [0.1, 0.15) is 43.6 Å². The predicted molar refractivity (Wildman–Crippen MR) is 416 cm³/mol. The first-order valence-electron chi connectivity index (χ1n) is 38.4. The zero-order valence-electron chi connectivity index (χ0n) is 63.3. The summed E-state index contributed by atoms with van der Waals surface area (Å²) in [6.45, 7) is 1.58. The minimum absolute atomic E-state index is 0.310. The Morgan fingerprint density at radius 1 is 0.200 bits per heavy atom. The number of pyridine rings is 4. The van der Waals surface area contributed by atoms with Crippen molar-refractivity contribution >= 4 is 162 Å². The average molecular weight is 1230 g/mol. The summed E-state index contributed by atoms with van der Waals surface area (Å²) in [4.78, 5) is 17.7. The summed E-state index contributed by atoms with van der Waals surface area (Å²) in [5, 5.41) is 34.4. The quantitative estimate of drug-likeness (QED) is 0.142. The van der Waals surface area contributed by atoms with Gasteiger partial charge in [0.1, 0.15) is 0 Å². The summed E-state index contributed by atoms with van der Waals surface area (Å²) >= 11 is 0. The molecule has 0 aliphatic heterocycles. The van der Waals surface area contributed by atoms with Crippen LogP contribution in [0.15, 0.2) is 310 Å². The Morgan fingerprint density at radius 2 is 0.400 bits per heavy atom. The fraction of sp³-hybridized carbons (Fsp3) is 0.0549. The average Bonchev–Trinajstić information content (AvgIpc) is 0.779. The standard InChI is InChI=1S/C19H14.4C18H13N.3H2/c1-13-10-11-18-16-8-3-2-6-14(16)15-7-4-5-9-17(15)19(18)12-13;1-12-8-9-14-13-5-2-3-6-15(13)18-16(17(14)11-12)7-4-10-19-18;1-12-8-9-16-17(11-12)14-6-3-2-5-13(14)15-7-4-10-19-18(15)16;1-12-6-7-15-16-8-9-19-11-18(16)14-5-3-2-4-13(14)17(15)10-12;1-12-6-7-15-17(10-12)14-5-3-2-4-13(14)16-8-9-19-11-18(15)16;;;/h2-12H,1H3;4*2-11H,1H3;3*1H/i5*1D;3*1+1D. The Kier molecular flexibility index (Phi) is 12.9. The highest BCUT2D eigenvalue weighted by Crippen LogP contribution is 2.40. The molecule has 4 heteroatoms. The third kappa shape index (κ3) is 10.6. The molecule has 0 radical (unpaired) electrons. The molecule has 0 fully saturated rings. The van der Waals surface area contributed by atoms with Crippen molar-refractivity contribution in [1.82, 2.24) is 19.9 Å². The topological polar surface area (TPSA) is 51.6 Å². The number of aromatic nitrogens is 4. The fourth-order valence-corrected chi connectivity index (χ4v) is 14.3. The van der Waals surface area contributed by atoms with E-state index in [1.807, 2.05) is 73.6 Å². The molecular weight excluding hydrogens is 1150 g/mol. The fourth-order valence-electron chi connectivity index (χ4n) is 14.3. The first kappa shape index (κ1) is 49.7. The van der Waals surface area contributed by atoms with Gasteiger partial charge < -0.3 is 0 Å². The maximum Gasteiger partial charge on any atom is 0.0786 e. The van der Waals surface area contributed by atoms with Crippen LogP contribution in [-0.4, -0.2) is 19.9 Å². The van der Waals surface area contributed by atoms with Crippen molar-refractivity contribution in [2.24, 2.45) is 0 Å². The molecule has 0 unspecified atom stereocenters. The van der Waals surface area contributed by atoms with Crippen molar-refractivity contribution in [3.05, 3.63) is 338 Å². The third-order valence-corrected chi connectivity index (χ3v) is 18.5. The lowest BCUT2D eigenvalue weighted by atomic mass is 9.93. The maximum atomic E-state index is 7.59. The van der Waals surface area contributed by atoms with Crippen molar-refractivity contribution < 1.29 is 15.8 Å². The zero-order valence-corrected chi connectivity index (χ0v) is 52.3. The number of fused-ring (bicyclic) bond motifs is 30. The molecule has 20 rings (SSSR count). The van der Waals surface area contributed by atoms with Gasteiger partial charge in [-0.3, -0.25) is 19.9 Å². The molecule has 4 heterocycles. The van der Waals surface area contributed by atoms with Gasteiger partial charge in [0.15, 0.2) is 0 Å². The lowest BCUT2D eigenvalue weighted by Gasteiger charge is -2.10. The van der Waals surface area contributed by atoms with Crippen LogP contribution in [0.4, 0.5) is 0 Å². The summed E-state index contributed by atoms with van der Waals surface area (Å²) in [7, 11) is 0. The molecule has 16 aromatic carbocycles. The van der Waals surface area contributed by atoms with Gasteiger partial charge in [0.25, 0.3) is 0 Å². The van der Waals surface area contributed by atoms with Crippen LogP contribution < -0.4 is 0 Å². The summed E-state index contributed by atoms with van der Waals surface area (Å²) in [5.41, 5.74) is 7.33. The first-order chi connectivity index (χ1) is 52.4. The smallest absolute Gasteiger partial charge is 0.0786 e. The number of hydrogen-bond donors (Lipinski definition) is 0. The van der Waals surface area contributed by atoms with Crippen molar-refractivity contribution in [2.75, 3.05) is 0 Å². The van der Waals surface area contributed by atoms with Crippen molar-refractivity contribution in [1.29, 1.82) is 0 Å². The van der Waals surface area contributed by atoms with E-state index < -0.39 is 0 Å². The Morgan fingerprint density at radius 3 is 0.716 bits per heavy atom. The zero-order chi connectivity index (χ0) is 73.6. The van der Waals surface area contributed by atoms with Crippen LogP contribution in [0.3, 0.4) is 0 Å². The normalized spacial score (nSPS) is 12.4.